The van der Waals surface area contributed by atoms with E-state index in [-0.39, 0.29) is 5.78 Å². The first-order valence-electron chi connectivity index (χ1n) is 6.15. The zero-order valence-electron chi connectivity index (χ0n) is 10.3. The third-order valence-corrected chi connectivity index (χ3v) is 3.38. The molecule has 0 fully saturated rings. The Bertz CT molecular complexity index is 690. The number of hydrogen-bond donors (Lipinski definition) is 0. The van der Waals surface area contributed by atoms with Crippen molar-refractivity contribution in [2.45, 2.75) is 13.3 Å². The van der Waals surface area contributed by atoms with E-state index in [0.717, 1.165) is 22.9 Å². The molecule has 0 N–H and O–H groups in total. The van der Waals surface area contributed by atoms with Gasteiger partial charge in [-0.1, -0.05) is 42.5 Å². The van der Waals surface area contributed by atoms with Crippen LogP contribution < -0.4 is 0 Å². The summed E-state index contributed by atoms with van der Waals surface area (Å²) in [6, 6.07) is 12.3. The smallest absolute Gasteiger partial charge is 0.160 e. The van der Waals surface area contributed by atoms with Crippen molar-refractivity contribution < 1.29 is 4.79 Å². The van der Waals surface area contributed by atoms with Crippen LogP contribution in [0.25, 0.3) is 16.3 Å². The third-order valence-electron chi connectivity index (χ3n) is 3.38. The van der Waals surface area contributed by atoms with E-state index in [1.807, 2.05) is 24.3 Å². The van der Waals surface area contributed by atoms with Gasteiger partial charge in [0, 0.05) is 5.56 Å². The molecule has 88 valence electrons. The van der Waals surface area contributed by atoms with Gasteiger partial charge in [-0.15, -0.1) is 0 Å². The van der Waals surface area contributed by atoms with Gasteiger partial charge in [0.25, 0.3) is 0 Å². The second-order valence-corrected chi connectivity index (χ2v) is 4.63. The van der Waals surface area contributed by atoms with Gasteiger partial charge in [-0.05, 0) is 47.4 Å². The summed E-state index contributed by atoms with van der Waals surface area (Å²) in [7, 11) is 0. The number of carbonyl (C=O) groups excluding carboxylic acids is 1. The van der Waals surface area contributed by atoms with Crippen LogP contribution >= 0.6 is 0 Å². The summed E-state index contributed by atoms with van der Waals surface area (Å²) in [5.41, 5.74) is 3.13. The standard InChI is InChI=1S/C17H14O/c1-12(18)16-10-14-8-4-5-9-15(14)11-17(16)13-6-2-3-7-13/h2-6,8-11H,7H2,1H3. The molecular weight excluding hydrogens is 220 g/mol. The Morgan fingerprint density at radius 2 is 1.83 bits per heavy atom. The van der Waals surface area contributed by atoms with Gasteiger partial charge in [0.2, 0.25) is 0 Å². The minimum Gasteiger partial charge on any atom is -0.294 e. The van der Waals surface area contributed by atoms with Gasteiger partial charge in [-0.25, -0.2) is 0 Å². The molecule has 0 saturated heterocycles. The molecule has 2 aromatic carbocycles. The normalized spacial score (nSPS) is 13.9. The number of hydrogen-bond acceptors (Lipinski definition) is 1. The number of rotatable bonds is 2. The number of ketones is 1. The quantitative estimate of drug-likeness (QED) is 0.704. The molecule has 0 saturated carbocycles. The van der Waals surface area contributed by atoms with Gasteiger partial charge in [-0.2, -0.15) is 0 Å². The molecule has 0 bridgehead atoms. The number of fused-ring (bicyclic) bond motifs is 1. The first-order chi connectivity index (χ1) is 8.75. The molecule has 0 atom stereocenters. The maximum Gasteiger partial charge on any atom is 0.160 e. The van der Waals surface area contributed by atoms with E-state index in [1.54, 1.807) is 6.92 Å². The zero-order chi connectivity index (χ0) is 12.5. The highest BCUT2D eigenvalue weighted by Gasteiger charge is 2.13. The lowest BCUT2D eigenvalue weighted by molar-refractivity contribution is 0.101. The van der Waals surface area contributed by atoms with Crippen LogP contribution in [-0.4, -0.2) is 5.78 Å². The number of allylic oxidation sites excluding steroid dienone is 4. The summed E-state index contributed by atoms with van der Waals surface area (Å²) in [4.78, 5) is 11.8. The van der Waals surface area contributed by atoms with Gasteiger partial charge in [0.15, 0.2) is 5.78 Å². The maximum absolute atomic E-state index is 11.8. The third kappa shape index (κ3) is 1.78. The van der Waals surface area contributed by atoms with Crippen LogP contribution in [0.3, 0.4) is 0 Å². The maximum atomic E-state index is 11.8. The molecule has 1 aliphatic carbocycles. The molecule has 1 nitrogen and oxygen atoms in total. The Kier molecular flexibility index (Phi) is 2.60. The van der Waals surface area contributed by atoms with Crippen molar-refractivity contribution in [3.05, 3.63) is 65.8 Å². The van der Waals surface area contributed by atoms with Crippen LogP contribution in [0.15, 0.2) is 54.6 Å². The van der Waals surface area contributed by atoms with Crippen molar-refractivity contribution in [1.29, 1.82) is 0 Å². The van der Waals surface area contributed by atoms with E-state index in [2.05, 4.69) is 30.4 Å². The molecule has 0 radical (unpaired) electrons. The Morgan fingerprint density at radius 1 is 1.11 bits per heavy atom. The van der Waals surface area contributed by atoms with E-state index >= 15 is 0 Å². The highest BCUT2D eigenvalue weighted by atomic mass is 16.1. The molecule has 0 heterocycles. The average Bonchev–Trinajstić information content (AvgIpc) is 2.91. The fraction of sp³-hybridized carbons (Fsp3) is 0.118. The number of carbonyl (C=O) groups is 1. The van der Waals surface area contributed by atoms with Crippen molar-refractivity contribution in [1.82, 2.24) is 0 Å². The van der Waals surface area contributed by atoms with Crippen molar-refractivity contribution in [2.24, 2.45) is 0 Å². The summed E-state index contributed by atoms with van der Waals surface area (Å²) < 4.78 is 0. The van der Waals surface area contributed by atoms with Crippen LogP contribution in [0.4, 0.5) is 0 Å². The van der Waals surface area contributed by atoms with Crippen molar-refractivity contribution in [3.63, 3.8) is 0 Å². The summed E-state index contributed by atoms with van der Waals surface area (Å²) in [6.45, 7) is 1.64. The van der Waals surface area contributed by atoms with Gasteiger partial charge < -0.3 is 0 Å². The minimum absolute atomic E-state index is 0.128. The molecule has 3 rings (SSSR count). The van der Waals surface area contributed by atoms with Crippen molar-refractivity contribution >= 4 is 22.1 Å². The summed E-state index contributed by atoms with van der Waals surface area (Å²) in [5.74, 6) is 0.128. The molecule has 0 aromatic heterocycles. The molecule has 0 aliphatic heterocycles. The van der Waals surface area contributed by atoms with E-state index in [1.165, 1.54) is 11.0 Å². The van der Waals surface area contributed by atoms with Crippen molar-refractivity contribution in [3.8, 4) is 0 Å². The molecule has 2 aromatic rings. The van der Waals surface area contributed by atoms with E-state index < -0.39 is 0 Å². The molecule has 1 heteroatoms. The minimum atomic E-state index is 0.128. The Labute approximate surface area is 106 Å². The largest absolute Gasteiger partial charge is 0.294 e. The molecule has 1 aliphatic rings. The van der Waals surface area contributed by atoms with Crippen LogP contribution in [-0.2, 0) is 0 Å². The van der Waals surface area contributed by atoms with E-state index in [9.17, 15) is 4.79 Å². The fourth-order valence-corrected chi connectivity index (χ4v) is 2.44. The van der Waals surface area contributed by atoms with Gasteiger partial charge in [0.1, 0.15) is 0 Å². The fourth-order valence-electron chi connectivity index (χ4n) is 2.44. The lowest BCUT2D eigenvalue weighted by atomic mass is 9.93. The molecule has 18 heavy (non-hydrogen) atoms. The monoisotopic (exact) mass is 234 g/mol. The second kappa shape index (κ2) is 4.26. The summed E-state index contributed by atoms with van der Waals surface area (Å²) in [6.07, 6.45) is 7.18. The zero-order valence-corrected chi connectivity index (χ0v) is 10.3. The lowest BCUT2D eigenvalue weighted by Gasteiger charge is -2.10. The van der Waals surface area contributed by atoms with Gasteiger partial charge in [-0.3, -0.25) is 4.79 Å². The summed E-state index contributed by atoms with van der Waals surface area (Å²) >= 11 is 0. The topological polar surface area (TPSA) is 17.1 Å². The molecule has 0 spiro atoms. The van der Waals surface area contributed by atoms with E-state index in [4.69, 9.17) is 0 Å². The SMILES string of the molecule is CC(=O)c1cc2ccccc2cc1C1=CC=CC1. The molecular formula is C17H14O. The van der Waals surface area contributed by atoms with Gasteiger partial charge in [0.05, 0.1) is 0 Å². The average molecular weight is 234 g/mol. The Morgan fingerprint density at radius 3 is 2.44 bits per heavy atom. The van der Waals surface area contributed by atoms with Crippen molar-refractivity contribution in [2.75, 3.05) is 0 Å². The van der Waals surface area contributed by atoms with Crippen LogP contribution in [0.5, 0.6) is 0 Å². The van der Waals surface area contributed by atoms with Gasteiger partial charge >= 0.3 is 0 Å². The molecule has 0 amide bonds. The highest BCUT2D eigenvalue weighted by Crippen LogP contribution is 2.30. The Hall–Kier alpha value is -2.15. The predicted molar refractivity (Wildman–Crippen MR) is 75.7 cm³/mol. The summed E-state index contributed by atoms with van der Waals surface area (Å²) in [5, 5.41) is 2.31. The van der Waals surface area contributed by atoms with E-state index in [0.29, 0.717) is 0 Å². The molecule has 0 unspecified atom stereocenters. The first-order valence-corrected chi connectivity index (χ1v) is 6.15. The van der Waals surface area contributed by atoms with Crippen LogP contribution in [0, 0.1) is 0 Å². The Balaban J connectivity index is 2.27. The predicted octanol–water partition coefficient (Wildman–Crippen LogP) is 4.39. The van der Waals surface area contributed by atoms with Crippen LogP contribution in [0.1, 0.15) is 29.3 Å². The highest BCUT2D eigenvalue weighted by molar-refractivity contribution is 6.04. The van der Waals surface area contributed by atoms with Crippen LogP contribution in [0.2, 0.25) is 0 Å². The number of benzene rings is 2. The first kappa shape index (κ1) is 11.0. The second-order valence-electron chi connectivity index (χ2n) is 4.63. The lowest BCUT2D eigenvalue weighted by Crippen LogP contribution is -1.99. The number of Topliss-reactive ketones (excluding diaryl/α,β-unsaturated/α-hetero) is 1.